The van der Waals surface area contributed by atoms with E-state index in [0.717, 1.165) is 12.8 Å². The van der Waals surface area contributed by atoms with Gasteiger partial charge in [-0.15, -0.1) is 12.4 Å². The number of nitrogens with one attached hydrogen (secondary N) is 1. The number of piperidine rings is 1. The van der Waals surface area contributed by atoms with Crippen LogP contribution in [0, 0.1) is 0 Å². The highest BCUT2D eigenvalue weighted by Gasteiger charge is 2.26. The summed E-state index contributed by atoms with van der Waals surface area (Å²) in [6, 6.07) is 0.457. The Labute approximate surface area is 110 Å². The first kappa shape index (κ1) is 17.1. The maximum absolute atomic E-state index is 11.9. The van der Waals surface area contributed by atoms with Crippen molar-refractivity contribution in [2.75, 3.05) is 39.1 Å². The van der Waals surface area contributed by atoms with Crippen LogP contribution in [-0.4, -0.2) is 57.9 Å². The van der Waals surface area contributed by atoms with E-state index in [1.807, 2.05) is 14.0 Å². The van der Waals surface area contributed by atoms with Crippen LogP contribution in [0.15, 0.2) is 0 Å². The Bertz CT molecular complexity index is 290. The molecule has 0 radical (unpaired) electrons. The summed E-state index contributed by atoms with van der Waals surface area (Å²) in [5, 5.41) is 3.18. The molecule has 0 unspecified atom stereocenters. The SMILES string of the molecule is CCOCCS(=O)(=O)N1CCC(NC)CC1.Cl. The van der Waals surface area contributed by atoms with Gasteiger partial charge in [-0.2, -0.15) is 0 Å². The van der Waals surface area contributed by atoms with E-state index < -0.39 is 10.0 Å². The lowest BCUT2D eigenvalue weighted by atomic mass is 10.1. The Hall–Kier alpha value is 0.120. The van der Waals surface area contributed by atoms with E-state index >= 15 is 0 Å². The maximum Gasteiger partial charge on any atom is 0.216 e. The highest BCUT2D eigenvalue weighted by atomic mass is 35.5. The predicted octanol–water partition coefficient (Wildman–Crippen LogP) is 0.458. The third kappa shape index (κ3) is 5.52. The maximum atomic E-state index is 11.9. The molecule has 1 fully saturated rings. The molecule has 0 aromatic carbocycles. The minimum atomic E-state index is -3.11. The lowest BCUT2D eigenvalue weighted by Gasteiger charge is -2.30. The summed E-state index contributed by atoms with van der Waals surface area (Å²) in [5.41, 5.74) is 0. The molecule has 0 atom stereocenters. The smallest absolute Gasteiger partial charge is 0.216 e. The van der Waals surface area contributed by atoms with Gasteiger partial charge in [0.05, 0.1) is 12.4 Å². The number of hydrogen-bond acceptors (Lipinski definition) is 4. The molecule has 0 spiro atoms. The molecule has 1 heterocycles. The molecule has 0 aromatic heterocycles. The Morgan fingerprint density at radius 3 is 2.41 bits per heavy atom. The molecule has 1 saturated heterocycles. The molecule has 1 aliphatic heterocycles. The summed E-state index contributed by atoms with van der Waals surface area (Å²) in [7, 11) is -1.19. The van der Waals surface area contributed by atoms with Gasteiger partial charge in [0, 0.05) is 25.7 Å². The molecular formula is C10H23ClN2O3S. The summed E-state index contributed by atoms with van der Waals surface area (Å²) in [5.74, 6) is 0.102. The third-order valence-electron chi connectivity index (χ3n) is 2.95. The monoisotopic (exact) mass is 286 g/mol. The van der Waals surface area contributed by atoms with Crippen molar-refractivity contribution in [1.29, 1.82) is 0 Å². The van der Waals surface area contributed by atoms with Gasteiger partial charge in [0.2, 0.25) is 10.0 Å². The Balaban J connectivity index is 0.00000256. The molecule has 1 N–H and O–H groups in total. The van der Waals surface area contributed by atoms with Crippen LogP contribution >= 0.6 is 12.4 Å². The van der Waals surface area contributed by atoms with Gasteiger partial charge in [-0.25, -0.2) is 12.7 Å². The van der Waals surface area contributed by atoms with Crippen molar-refractivity contribution in [2.24, 2.45) is 0 Å². The summed E-state index contributed by atoms with van der Waals surface area (Å²) in [6.45, 7) is 3.98. The minimum absolute atomic E-state index is 0. The molecule has 5 nitrogen and oxygen atoms in total. The van der Waals surface area contributed by atoms with E-state index in [-0.39, 0.29) is 18.2 Å². The van der Waals surface area contributed by atoms with Crippen molar-refractivity contribution in [2.45, 2.75) is 25.8 Å². The van der Waals surface area contributed by atoms with Gasteiger partial charge in [-0.05, 0) is 26.8 Å². The zero-order valence-electron chi connectivity index (χ0n) is 10.5. The van der Waals surface area contributed by atoms with Crippen molar-refractivity contribution in [3.63, 3.8) is 0 Å². The normalized spacial score (nSPS) is 18.9. The minimum Gasteiger partial charge on any atom is -0.381 e. The Kier molecular flexibility index (Phi) is 8.32. The standard InChI is InChI=1S/C10H22N2O3S.ClH/c1-3-15-8-9-16(13,14)12-6-4-10(11-2)5-7-12;/h10-11H,3-9H2,1-2H3;1H. The van der Waals surface area contributed by atoms with Crippen LogP contribution in [0.5, 0.6) is 0 Å². The number of ether oxygens (including phenoxy) is 1. The molecule has 7 heteroatoms. The first-order valence-corrected chi connectivity index (χ1v) is 7.44. The average molecular weight is 287 g/mol. The third-order valence-corrected chi connectivity index (χ3v) is 4.78. The lowest BCUT2D eigenvalue weighted by Crippen LogP contribution is -2.45. The van der Waals surface area contributed by atoms with Gasteiger partial charge >= 0.3 is 0 Å². The molecule has 0 amide bonds. The molecule has 1 rings (SSSR count). The van der Waals surface area contributed by atoms with Gasteiger partial charge in [0.1, 0.15) is 0 Å². The zero-order chi connectivity index (χ0) is 12.0. The zero-order valence-corrected chi connectivity index (χ0v) is 12.1. The number of rotatable bonds is 6. The molecule has 1 aliphatic rings. The number of halogens is 1. The highest BCUT2D eigenvalue weighted by Crippen LogP contribution is 2.14. The van der Waals surface area contributed by atoms with E-state index in [4.69, 9.17) is 4.74 Å². The molecule has 0 saturated carbocycles. The molecule has 0 bridgehead atoms. The number of hydrogen-bond donors (Lipinski definition) is 1. The van der Waals surface area contributed by atoms with E-state index in [1.54, 1.807) is 4.31 Å². The van der Waals surface area contributed by atoms with Crippen molar-refractivity contribution in [1.82, 2.24) is 9.62 Å². The lowest BCUT2D eigenvalue weighted by molar-refractivity contribution is 0.162. The van der Waals surface area contributed by atoms with E-state index in [1.165, 1.54) is 0 Å². The average Bonchev–Trinajstić information content (AvgIpc) is 2.29. The van der Waals surface area contributed by atoms with Gasteiger partial charge in [-0.1, -0.05) is 0 Å². The second-order valence-electron chi connectivity index (χ2n) is 3.97. The van der Waals surface area contributed by atoms with E-state index in [9.17, 15) is 8.42 Å². The second-order valence-corrected chi connectivity index (χ2v) is 6.06. The van der Waals surface area contributed by atoms with Crippen LogP contribution in [-0.2, 0) is 14.8 Å². The first-order chi connectivity index (χ1) is 7.60. The summed E-state index contributed by atoms with van der Waals surface area (Å²) < 4.78 is 30.4. The number of sulfonamides is 1. The Morgan fingerprint density at radius 2 is 1.94 bits per heavy atom. The number of nitrogens with zero attached hydrogens (tertiary/aromatic N) is 1. The van der Waals surface area contributed by atoms with Crippen molar-refractivity contribution < 1.29 is 13.2 Å². The van der Waals surface area contributed by atoms with Crippen molar-refractivity contribution >= 4 is 22.4 Å². The van der Waals surface area contributed by atoms with E-state index in [0.29, 0.717) is 32.3 Å². The molecule has 0 aromatic rings. The Morgan fingerprint density at radius 1 is 1.35 bits per heavy atom. The first-order valence-electron chi connectivity index (χ1n) is 5.83. The molecule has 17 heavy (non-hydrogen) atoms. The van der Waals surface area contributed by atoms with Crippen LogP contribution < -0.4 is 5.32 Å². The fourth-order valence-corrected chi connectivity index (χ4v) is 3.21. The van der Waals surface area contributed by atoms with Gasteiger partial charge in [-0.3, -0.25) is 0 Å². The quantitative estimate of drug-likeness (QED) is 0.721. The largest absolute Gasteiger partial charge is 0.381 e. The summed E-state index contributed by atoms with van der Waals surface area (Å²) in [6.07, 6.45) is 1.79. The molecule has 104 valence electrons. The van der Waals surface area contributed by atoms with E-state index in [2.05, 4.69) is 5.32 Å². The van der Waals surface area contributed by atoms with Crippen molar-refractivity contribution in [3.8, 4) is 0 Å². The summed E-state index contributed by atoms with van der Waals surface area (Å²) in [4.78, 5) is 0. The van der Waals surface area contributed by atoms with Gasteiger partial charge in [0.25, 0.3) is 0 Å². The second kappa shape index (κ2) is 8.26. The van der Waals surface area contributed by atoms with Crippen LogP contribution in [0.25, 0.3) is 0 Å². The van der Waals surface area contributed by atoms with Crippen LogP contribution in [0.4, 0.5) is 0 Å². The highest BCUT2D eigenvalue weighted by molar-refractivity contribution is 7.89. The molecule has 0 aliphatic carbocycles. The van der Waals surface area contributed by atoms with Gasteiger partial charge < -0.3 is 10.1 Å². The van der Waals surface area contributed by atoms with Crippen LogP contribution in [0.3, 0.4) is 0 Å². The van der Waals surface area contributed by atoms with Crippen LogP contribution in [0.1, 0.15) is 19.8 Å². The molecular weight excluding hydrogens is 264 g/mol. The van der Waals surface area contributed by atoms with Crippen LogP contribution in [0.2, 0.25) is 0 Å². The summed E-state index contributed by atoms with van der Waals surface area (Å²) >= 11 is 0. The van der Waals surface area contributed by atoms with Gasteiger partial charge in [0.15, 0.2) is 0 Å². The fraction of sp³-hybridized carbons (Fsp3) is 1.00. The van der Waals surface area contributed by atoms with Crippen molar-refractivity contribution in [3.05, 3.63) is 0 Å². The fourth-order valence-electron chi connectivity index (χ4n) is 1.86. The predicted molar refractivity (Wildman–Crippen MR) is 71.2 cm³/mol. The topological polar surface area (TPSA) is 58.6 Å².